The number of anilines is 1. The van der Waals surface area contributed by atoms with Crippen molar-refractivity contribution in [2.45, 2.75) is 6.04 Å². The molecule has 1 unspecified atom stereocenters. The molecule has 9 heteroatoms. The Morgan fingerprint density at radius 3 is 2.79 bits per heavy atom. The molecule has 1 atom stereocenters. The fraction of sp³-hybridized carbons (Fsp3) is 0.400. The summed E-state index contributed by atoms with van der Waals surface area (Å²) in [6.07, 6.45) is 3.08. The van der Waals surface area contributed by atoms with Gasteiger partial charge in [0.05, 0.1) is 31.7 Å². The van der Waals surface area contributed by atoms with E-state index in [0.717, 1.165) is 18.8 Å². The van der Waals surface area contributed by atoms with E-state index >= 15 is 0 Å². The molecule has 2 aromatic heterocycles. The average Bonchev–Trinajstić information content (AvgIpc) is 3.30. The molecule has 1 aliphatic heterocycles. The van der Waals surface area contributed by atoms with Gasteiger partial charge in [0.2, 0.25) is 0 Å². The molecule has 9 nitrogen and oxygen atoms in total. The van der Waals surface area contributed by atoms with Gasteiger partial charge >= 0.3 is 11.8 Å². The molecule has 2 amide bonds. The number of carbonyl (C=O) groups is 2. The lowest BCUT2D eigenvalue weighted by Gasteiger charge is -2.33. The minimum Gasteiger partial charge on any atom is -0.468 e. The normalized spacial score (nSPS) is 16.5. The van der Waals surface area contributed by atoms with E-state index in [1.54, 1.807) is 18.4 Å². The summed E-state index contributed by atoms with van der Waals surface area (Å²) in [6.45, 7) is 3.00. The maximum Gasteiger partial charge on any atom is 0.314 e. The van der Waals surface area contributed by atoms with Crippen LogP contribution in [0.4, 0.5) is 5.82 Å². The van der Waals surface area contributed by atoms with Crippen LogP contribution in [-0.4, -0.2) is 59.8 Å². The standard InChI is InChI=1S/C15H19N5O4/c21-14(15(22)18-13-3-4-17-19-13)16-10-11(12-2-1-7-24-12)20-5-8-23-9-6-20/h1-4,7,11H,5-6,8-10H2,(H,16,21)(H2,17,18,19,22). The minimum absolute atomic E-state index is 0.146. The highest BCUT2D eigenvalue weighted by atomic mass is 16.5. The highest BCUT2D eigenvalue weighted by molar-refractivity contribution is 6.39. The lowest BCUT2D eigenvalue weighted by atomic mass is 10.1. The summed E-state index contributed by atoms with van der Waals surface area (Å²) < 4.78 is 10.8. The first-order valence-electron chi connectivity index (χ1n) is 7.68. The molecule has 0 spiro atoms. The van der Waals surface area contributed by atoms with Crippen LogP contribution >= 0.6 is 0 Å². The third-order valence-electron chi connectivity index (χ3n) is 3.77. The van der Waals surface area contributed by atoms with Crippen LogP contribution in [0, 0.1) is 0 Å². The van der Waals surface area contributed by atoms with E-state index in [0.29, 0.717) is 19.0 Å². The summed E-state index contributed by atoms with van der Waals surface area (Å²) in [4.78, 5) is 26.0. The molecule has 3 rings (SSSR count). The van der Waals surface area contributed by atoms with E-state index in [2.05, 4.69) is 25.7 Å². The Kier molecular flexibility index (Phi) is 5.24. The Morgan fingerprint density at radius 1 is 1.29 bits per heavy atom. The fourth-order valence-electron chi connectivity index (χ4n) is 2.55. The molecule has 128 valence electrons. The van der Waals surface area contributed by atoms with Crippen LogP contribution in [-0.2, 0) is 14.3 Å². The van der Waals surface area contributed by atoms with Gasteiger partial charge in [0.1, 0.15) is 11.6 Å². The van der Waals surface area contributed by atoms with Gasteiger partial charge < -0.3 is 19.8 Å². The molecule has 0 aromatic carbocycles. The Balaban J connectivity index is 1.58. The van der Waals surface area contributed by atoms with Crippen molar-refractivity contribution in [3.05, 3.63) is 36.4 Å². The maximum absolute atomic E-state index is 12.0. The van der Waals surface area contributed by atoms with Crippen molar-refractivity contribution in [1.29, 1.82) is 0 Å². The van der Waals surface area contributed by atoms with Crippen LogP contribution < -0.4 is 10.6 Å². The first-order chi connectivity index (χ1) is 11.7. The summed E-state index contributed by atoms with van der Waals surface area (Å²) in [6, 6.07) is 5.07. The molecule has 3 heterocycles. The largest absolute Gasteiger partial charge is 0.468 e. The van der Waals surface area contributed by atoms with Gasteiger partial charge in [-0.3, -0.25) is 19.6 Å². The van der Waals surface area contributed by atoms with Crippen LogP contribution in [0.1, 0.15) is 11.8 Å². The smallest absolute Gasteiger partial charge is 0.314 e. The van der Waals surface area contributed by atoms with Gasteiger partial charge in [-0.2, -0.15) is 5.10 Å². The number of ether oxygens (including phenoxy) is 1. The molecule has 0 saturated carbocycles. The highest BCUT2D eigenvalue weighted by Crippen LogP contribution is 2.21. The highest BCUT2D eigenvalue weighted by Gasteiger charge is 2.26. The van der Waals surface area contributed by atoms with Gasteiger partial charge in [0.15, 0.2) is 0 Å². The number of hydrogen-bond donors (Lipinski definition) is 3. The second-order valence-corrected chi connectivity index (χ2v) is 5.31. The summed E-state index contributed by atoms with van der Waals surface area (Å²) in [5.74, 6) is -0.356. The zero-order valence-electron chi connectivity index (χ0n) is 13.0. The number of aromatic nitrogens is 2. The molecule has 0 bridgehead atoms. The Hall–Kier alpha value is -2.65. The third-order valence-corrected chi connectivity index (χ3v) is 3.77. The zero-order valence-corrected chi connectivity index (χ0v) is 13.0. The summed E-state index contributed by atoms with van der Waals surface area (Å²) >= 11 is 0. The first kappa shape index (κ1) is 16.2. The Bertz CT molecular complexity index is 649. The topological polar surface area (TPSA) is 112 Å². The van der Waals surface area contributed by atoms with Crippen LogP contribution in [0.25, 0.3) is 0 Å². The number of carbonyl (C=O) groups excluding carboxylic acids is 2. The van der Waals surface area contributed by atoms with E-state index in [-0.39, 0.29) is 12.6 Å². The SMILES string of the molecule is O=C(NCC(c1ccco1)N1CCOCC1)C(=O)Nc1ccn[nH]1. The van der Waals surface area contributed by atoms with Crippen molar-refractivity contribution in [2.24, 2.45) is 0 Å². The van der Waals surface area contributed by atoms with Crippen molar-refractivity contribution in [1.82, 2.24) is 20.4 Å². The van der Waals surface area contributed by atoms with Crippen LogP contribution in [0.2, 0.25) is 0 Å². The number of amides is 2. The van der Waals surface area contributed by atoms with Gasteiger partial charge in [-0.25, -0.2) is 0 Å². The van der Waals surface area contributed by atoms with Crippen molar-refractivity contribution in [3.63, 3.8) is 0 Å². The molecule has 24 heavy (non-hydrogen) atoms. The van der Waals surface area contributed by atoms with Crippen molar-refractivity contribution >= 4 is 17.6 Å². The van der Waals surface area contributed by atoms with Crippen LogP contribution in [0.3, 0.4) is 0 Å². The molecule has 1 aliphatic rings. The van der Waals surface area contributed by atoms with Gasteiger partial charge in [0.25, 0.3) is 0 Å². The van der Waals surface area contributed by atoms with Crippen LogP contribution in [0.5, 0.6) is 0 Å². The number of furan rings is 1. The third kappa shape index (κ3) is 4.00. The number of rotatable bonds is 5. The number of nitrogens with one attached hydrogen (secondary N) is 3. The van der Waals surface area contributed by atoms with E-state index < -0.39 is 11.8 Å². The zero-order chi connectivity index (χ0) is 16.8. The lowest BCUT2D eigenvalue weighted by molar-refractivity contribution is -0.136. The molecule has 3 N–H and O–H groups in total. The number of hydrogen-bond acceptors (Lipinski definition) is 6. The van der Waals surface area contributed by atoms with Crippen molar-refractivity contribution in [2.75, 3.05) is 38.2 Å². The number of nitrogens with zero attached hydrogens (tertiary/aromatic N) is 2. The molecule has 0 aliphatic carbocycles. The summed E-state index contributed by atoms with van der Waals surface area (Å²) in [5, 5.41) is 11.4. The van der Waals surface area contributed by atoms with E-state index in [1.807, 2.05) is 6.07 Å². The molecule has 0 radical (unpaired) electrons. The number of morpholine rings is 1. The Labute approximate surface area is 138 Å². The van der Waals surface area contributed by atoms with Crippen molar-refractivity contribution in [3.8, 4) is 0 Å². The van der Waals surface area contributed by atoms with Crippen LogP contribution in [0.15, 0.2) is 35.1 Å². The maximum atomic E-state index is 12.0. The van der Waals surface area contributed by atoms with E-state index in [1.165, 1.54) is 6.20 Å². The molecule has 2 aromatic rings. The minimum atomic E-state index is -0.751. The monoisotopic (exact) mass is 333 g/mol. The molecule has 1 saturated heterocycles. The summed E-state index contributed by atoms with van der Waals surface area (Å²) in [5.41, 5.74) is 0. The quantitative estimate of drug-likeness (QED) is 0.671. The second kappa shape index (κ2) is 7.75. The average molecular weight is 333 g/mol. The predicted molar refractivity (Wildman–Crippen MR) is 84.1 cm³/mol. The number of aromatic amines is 1. The lowest BCUT2D eigenvalue weighted by Crippen LogP contribution is -2.45. The van der Waals surface area contributed by atoms with E-state index in [9.17, 15) is 9.59 Å². The van der Waals surface area contributed by atoms with Gasteiger partial charge in [-0.05, 0) is 12.1 Å². The predicted octanol–water partition coefficient (Wildman–Crippen LogP) is 0.131. The number of H-pyrrole nitrogens is 1. The fourth-order valence-corrected chi connectivity index (χ4v) is 2.55. The van der Waals surface area contributed by atoms with Gasteiger partial charge in [0, 0.05) is 25.7 Å². The van der Waals surface area contributed by atoms with Gasteiger partial charge in [-0.1, -0.05) is 0 Å². The molecule has 1 fully saturated rings. The second-order valence-electron chi connectivity index (χ2n) is 5.31. The Morgan fingerprint density at radius 2 is 2.12 bits per heavy atom. The summed E-state index contributed by atoms with van der Waals surface area (Å²) in [7, 11) is 0. The van der Waals surface area contributed by atoms with Gasteiger partial charge in [-0.15, -0.1) is 0 Å². The van der Waals surface area contributed by atoms with Crippen molar-refractivity contribution < 1.29 is 18.7 Å². The molecular formula is C15H19N5O4. The van der Waals surface area contributed by atoms with E-state index in [4.69, 9.17) is 9.15 Å². The first-order valence-corrected chi connectivity index (χ1v) is 7.68. The molecular weight excluding hydrogens is 314 g/mol.